The zero-order chi connectivity index (χ0) is 15.5. The highest BCUT2D eigenvalue weighted by atomic mass is 32.1. The van der Waals surface area contributed by atoms with Crippen LogP contribution in [0.3, 0.4) is 0 Å². The highest BCUT2D eigenvalue weighted by molar-refractivity contribution is 7.14. The van der Waals surface area contributed by atoms with Crippen molar-refractivity contribution in [3.05, 3.63) is 29.3 Å². The number of nitrogens with one attached hydrogen (secondary N) is 1. The fraction of sp³-hybridized carbons (Fsp3) is 0.500. The Morgan fingerprint density at radius 2 is 2.00 bits per heavy atom. The van der Waals surface area contributed by atoms with Gasteiger partial charge in [0.05, 0.1) is 12.6 Å². The molecule has 1 heterocycles. The van der Waals surface area contributed by atoms with Crippen LogP contribution in [0.25, 0.3) is 10.6 Å². The summed E-state index contributed by atoms with van der Waals surface area (Å²) in [7, 11) is 0. The second-order valence-corrected chi connectivity index (χ2v) is 7.36. The van der Waals surface area contributed by atoms with Gasteiger partial charge < -0.3 is 10.1 Å². The Balaban J connectivity index is 2.10. The molecule has 0 amide bonds. The molecule has 4 nitrogen and oxygen atoms in total. The van der Waals surface area contributed by atoms with Crippen LogP contribution in [0.2, 0.25) is 0 Å². The van der Waals surface area contributed by atoms with Gasteiger partial charge in [0, 0.05) is 11.1 Å². The van der Waals surface area contributed by atoms with Crippen molar-refractivity contribution in [1.29, 1.82) is 0 Å². The zero-order valence-corrected chi connectivity index (χ0v) is 14.1. The van der Waals surface area contributed by atoms with Gasteiger partial charge in [-0.15, -0.1) is 10.2 Å². The summed E-state index contributed by atoms with van der Waals surface area (Å²) in [6.45, 7) is 11.2. The van der Waals surface area contributed by atoms with Crippen LogP contribution in [0, 0.1) is 0 Å². The van der Waals surface area contributed by atoms with Gasteiger partial charge in [-0.25, -0.2) is 0 Å². The molecule has 0 unspecified atom stereocenters. The predicted molar refractivity (Wildman–Crippen MR) is 87.7 cm³/mol. The van der Waals surface area contributed by atoms with Gasteiger partial charge in [-0.05, 0) is 46.8 Å². The highest BCUT2D eigenvalue weighted by Gasteiger charge is 2.12. The number of hydrogen-bond acceptors (Lipinski definition) is 5. The molecule has 1 aromatic carbocycles. The van der Waals surface area contributed by atoms with Gasteiger partial charge in [0.25, 0.3) is 0 Å². The summed E-state index contributed by atoms with van der Waals surface area (Å²) in [6, 6.07) is 8.00. The molecule has 0 aliphatic rings. The summed E-state index contributed by atoms with van der Waals surface area (Å²) >= 11 is 1.61. The second-order valence-electron chi connectivity index (χ2n) is 6.30. The fourth-order valence-corrected chi connectivity index (χ4v) is 2.53. The molecule has 0 atom stereocenters. The molecule has 0 fully saturated rings. The first kappa shape index (κ1) is 15.9. The average Bonchev–Trinajstić information content (AvgIpc) is 2.84. The van der Waals surface area contributed by atoms with E-state index in [1.807, 2.05) is 38.1 Å². The van der Waals surface area contributed by atoms with Gasteiger partial charge in [-0.3, -0.25) is 0 Å². The standard InChI is InChI=1S/C16H23N3OS/c1-11(2)20-13-8-6-7-12(9-13)15-19-18-14(21-15)10-17-16(3,4)5/h6-9,11,17H,10H2,1-5H3. The summed E-state index contributed by atoms with van der Waals surface area (Å²) in [6.07, 6.45) is 0.168. The number of nitrogens with zero attached hydrogens (tertiary/aromatic N) is 2. The van der Waals surface area contributed by atoms with Crippen molar-refractivity contribution >= 4 is 11.3 Å². The summed E-state index contributed by atoms with van der Waals surface area (Å²) in [5.74, 6) is 0.868. The molecule has 0 saturated carbocycles. The lowest BCUT2D eigenvalue weighted by Crippen LogP contribution is -2.35. The van der Waals surface area contributed by atoms with E-state index in [-0.39, 0.29) is 11.6 Å². The first-order valence-corrected chi connectivity index (χ1v) is 7.99. The molecule has 1 aromatic heterocycles. The topological polar surface area (TPSA) is 47.0 Å². The van der Waals surface area contributed by atoms with E-state index in [1.54, 1.807) is 11.3 Å². The van der Waals surface area contributed by atoms with E-state index in [4.69, 9.17) is 4.74 Å². The van der Waals surface area contributed by atoms with Crippen molar-refractivity contribution in [2.24, 2.45) is 0 Å². The Morgan fingerprint density at radius 3 is 2.67 bits per heavy atom. The van der Waals surface area contributed by atoms with Crippen LogP contribution < -0.4 is 10.1 Å². The summed E-state index contributed by atoms with van der Waals surface area (Å²) in [5.41, 5.74) is 1.13. The molecular formula is C16H23N3OS. The minimum absolute atomic E-state index is 0.0802. The van der Waals surface area contributed by atoms with Gasteiger partial charge in [0.15, 0.2) is 0 Å². The molecule has 0 aliphatic heterocycles. The Labute approximate surface area is 130 Å². The van der Waals surface area contributed by atoms with Crippen LogP contribution in [0.4, 0.5) is 0 Å². The lowest BCUT2D eigenvalue weighted by atomic mass is 10.1. The first-order valence-electron chi connectivity index (χ1n) is 7.18. The molecule has 0 aliphatic carbocycles. The van der Waals surface area contributed by atoms with Crippen LogP contribution in [0.15, 0.2) is 24.3 Å². The third kappa shape index (κ3) is 5.10. The van der Waals surface area contributed by atoms with Crippen molar-refractivity contribution in [3.8, 4) is 16.3 Å². The third-order valence-electron chi connectivity index (χ3n) is 2.69. The second kappa shape index (κ2) is 6.54. The molecule has 114 valence electrons. The zero-order valence-electron chi connectivity index (χ0n) is 13.3. The molecule has 5 heteroatoms. The van der Waals surface area contributed by atoms with E-state index in [1.165, 1.54) is 0 Å². The SMILES string of the molecule is CC(C)Oc1cccc(-c2nnc(CNC(C)(C)C)s2)c1. The van der Waals surface area contributed by atoms with E-state index in [0.717, 1.165) is 27.9 Å². The van der Waals surface area contributed by atoms with Crippen LogP contribution in [-0.2, 0) is 6.54 Å². The van der Waals surface area contributed by atoms with Crippen molar-refractivity contribution in [2.75, 3.05) is 0 Å². The van der Waals surface area contributed by atoms with Crippen molar-refractivity contribution in [2.45, 2.75) is 52.8 Å². The maximum Gasteiger partial charge on any atom is 0.147 e. The third-order valence-corrected chi connectivity index (χ3v) is 3.66. The Bertz CT molecular complexity index is 587. The lowest BCUT2D eigenvalue weighted by molar-refractivity contribution is 0.242. The van der Waals surface area contributed by atoms with Gasteiger partial charge in [-0.2, -0.15) is 0 Å². The molecule has 0 radical (unpaired) electrons. The predicted octanol–water partition coefficient (Wildman–Crippen LogP) is 3.88. The number of benzene rings is 1. The van der Waals surface area contributed by atoms with Gasteiger partial charge in [0.2, 0.25) is 0 Å². The Morgan fingerprint density at radius 1 is 1.24 bits per heavy atom. The molecule has 2 rings (SSSR count). The van der Waals surface area contributed by atoms with Crippen molar-refractivity contribution in [1.82, 2.24) is 15.5 Å². The average molecular weight is 305 g/mol. The van der Waals surface area contributed by atoms with E-state index in [2.05, 4.69) is 36.3 Å². The fourth-order valence-electron chi connectivity index (χ4n) is 1.76. The number of hydrogen-bond donors (Lipinski definition) is 1. The van der Waals surface area contributed by atoms with Gasteiger partial charge >= 0.3 is 0 Å². The van der Waals surface area contributed by atoms with E-state index in [0.29, 0.717) is 0 Å². The van der Waals surface area contributed by atoms with E-state index in [9.17, 15) is 0 Å². The highest BCUT2D eigenvalue weighted by Crippen LogP contribution is 2.27. The first-order chi connectivity index (χ1) is 9.83. The van der Waals surface area contributed by atoms with Crippen LogP contribution >= 0.6 is 11.3 Å². The smallest absolute Gasteiger partial charge is 0.147 e. The maximum atomic E-state index is 5.72. The van der Waals surface area contributed by atoms with Crippen molar-refractivity contribution < 1.29 is 4.74 Å². The molecule has 0 spiro atoms. The molecule has 2 aromatic rings. The number of rotatable bonds is 5. The molecule has 21 heavy (non-hydrogen) atoms. The lowest BCUT2D eigenvalue weighted by Gasteiger charge is -2.19. The monoisotopic (exact) mass is 305 g/mol. The van der Waals surface area contributed by atoms with Crippen LogP contribution in [-0.4, -0.2) is 21.8 Å². The minimum atomic E-state index is 0.0802. The molecule has 0 bridgehead atoms. The van der Waals surface area contributed by atoms with E-state index < -0.39 is 0 Å². The van der Waals surface area contributed by atoms with Gasteiger partial charge in [-0.1, -0.05) is 23.5 Å². The minimum Gasteiger partial charge on any atom is -0.491 e. The summed E-state index contributed by atoms with van der Waals surface area (Å²) in [5, 5.41) is 13.9. The number of aromatic nitrogens is 2. The van der Waals surface area contributed by atoms with Crippen LogP contribution in [0.1, 0.15) is 39.6 Å². The Kier molecular flexibility index (Phi) is 4.96. The number of ether oxygens (including phenoxy) is 1. The Hall–Kier alpha value is -1.46. The molecular weight excluding hydrogens is 282 g/mol. The molecule has 0 saturated heterocycles. The summed E-state index contributed by atoms with van der Waals surface area (Å²) < 4.78 is 5.72. The van der Waals surface area contributed by atoms with Crippen LogP contribution in [0.5, 0.6) is 5.75 Å². The van der Waals surface area contributed by atoms with Gasteiger partial charge in [0.1, 0.15) is 15.8 Å². The largest absolute Gasteiger partial charge is 0.491 e. The summed E-state index contributed by atoms with van der Waals surface area (Å²) in [4.78, 5) is 0. The maximum absolute atomic E-state index is 5.72. The molecule has 1 N–H and O–H groups in total. The van der Waals surface area contributed by atoms with E-state index >= 15 is 0 Å². The quantitative estimate of drug-likeness (QED) is 0.910. The normalized spacial score (nSPS) is 11.9. The van der Waals surface area contributed by atoms with Crippen molar-refractivity contribution in [3.63, 3.8) is 0 Å².